The molecule has 1 aromatic rings. The maximum absolute atomic E-state index is 13.8. The van der Waals surface area contributed by atoms with Crippen molar-refractivity contribution in [2.45, 2.75) is 94.5 Å². The van der Waals surface area contributed by atoms with Gasteiger partial charge >= 0.3 is 11.9 Å². The van der Waals surface area contributed by atoms with Crippen LogP contribution in [0.4, 0.5) is 0 Å². The quantitative estimate of drug-likeness (QED) is 0.414. The Kier molecular flexibility index (Phi) is 7.80. The van der Waals surface area contributed by atoms with Crippen LogP contribution in [-0.4, -0.2) is 83.5 Å². The summed E-state index contributed by atoms with van der Waals surface area (Å²) < 4.78 is 28.5. The number of hydrogen-bond acceptors (Lipinski definition) is 10. The standard InChI is InChI=1S/C30H41NO9/c1-5-37-24(32)17-30(35,11-6-9-28(2,3)34)27(33)40-26-23(36-4)16-29-10-7-12-31(29)13-8-19-14-21-22(39-18-38-21)15-20(19)25(26)29/h14-16,25-26,34-35H,5-13,17-18H2,1-4H3/t25-,26?,29+,30+/m1/s1. The second-order valence-corrected chi connectivity index (χ2v) is 12.0. The summed E-state index contributed by atoms with van der Waals surface area (Å²) >= 11 is 0. The van der Waals surface area contributed by atoms with Gasteiger partial charge in [0.25, 0.3) is 0 Å². The van der Waals surface area contributed by atoms with E-state index in [0.29, 0.717) is 30.1 Å². The summed E-state index contributed by atoms with van der Waals surface area (Å²) in [4.78, 5) is 28.7. The fraction of sp³-hybridized carbons (Fsp3) is 0.667. The topological polar surface area (TPSA) is 124 Å². The van der Waals surface area contributed by atoms with Crippen molar-refractivity contribution < 1.29 is 43.5 Å². The van der Waals surface area contributed by atoms with Gasteiger partial charge in [-0.2, -0.15) is 0 Å². The van der Waals surface area contributed by atoms with Crippen LogP contribution in [-0.2, 0) is 30.2 Å². The van der Waals surface area contributed by atoms with Crippen LogP contribution in [0.5, 0.6) is 11.5 Å². The number of benzene rings is 1. The van der Waals surface area contributed by atoms with E-state index in [-0.39, 0.29) is 25.7 Å². The Labute approximate surface area is 235 Å². The highest BCUT2D eigenvalue weighted by Gasteiger charge is 2.59. The largest absolute Gasteiger partial charge is 0.497 e. The van der Waals surface area contributed by atoms with E-state index in [1.165, 1.54) is 0 Å². The molecule has 220 valence electrons. The van der Waals surface area contributed by atoms with Crippen molar-refractivity contribution in [3.8, 4) is 11.5 Å². The smallest absolute Gasteiger partial charge is 0.339 e. The van der Waals surface area contributed by atoms with Gasteiger partial charge in [0, 0.05) is 6.54 Å². The van der Waals surface area contributed by atoms with E-state index < -0.39 is 41.2 Å². The molecule has 10 nitrogen and oxygen atoms in total. The molecule has 10 heteroatoms. The molecule has 1 spiro atoms. The first-order valence-electron chi connectivity index (χ1n) is 14.3. The zero-order chi connectivity index (χ0) is 28.7. The van der Waals surface area contributed by atoms with Crippen LogP contribution < -0.4 is 9.47 Å². The molecular weight excluding hydrogens is 518 g/mol. The monoisotopic (exact) mass is 559 g/mol. The van der Waals surface area contributed by atoms with Crippen molar-refractivity contribution in [2.75, 3.05) is 33.6 Å². The number of nitrogens with zero attached hydrogens (tertiary/aromatic N) is 1. The Morgan fingerprint density at radius 2 is 1.90 bits per heavy atom. The van der Waals surface area contributed by atoms with Gasteiger partial charge in [-0.15, -0.1) is 0 Å². The van der Waals surface area contributed by atoms with E-state index >= 15 is 0 Å². The molecule has 2 N–H and O–H groups in total. The lowest BCUT2D eigenvalue weighted by atomic mass is 9.77. The first-order chi connectivity index (χ1) is 19.0. The van der Waals surface area contributed by atoms with Crippen LogP contribution in [0.15, 0.2) is 24.0 Å². The predicted octanol–water partition coefficient (Wildman–Crippen LogP) is 2.97. The molecule has 1 aromatic carbocycles. The van der Waals surface area contributed by atoms with Crippen LogP contribution in [0, 0.1) is 0 Å². The number of rotatable bonds is 10. The highest BCUT2D eigenvalue weighted by Crippen LogP contribution is 2.55. The predicted molar refractivity (Wildman–Crippen MR) is 144 cm³/mol. The average Bonchev–Trinajstić information content (AvgIpc) is 3.57. The first kappa shape index (κ1) is 28.7. The Morgan fingerprint density at radius 3 is 2.60 bits per heavy atom. The molecular formula is C30H41NO9. The normalized spacial score (nSPS) is 26.6. The lowest BCUT2D eigenvalue weighted by Crippen LogP contribution is -2.49. The summed E-state index contributed by atoms with van der Waals surface area (Å²) in [5, 5.41) is 21.8. The third-order valence-corrected chi connectivity index (χ3v) is 8.70. The number of esters is 2. The van der Waals surface area contributed by atoms with Crippen LogP contribution >= 0.6 is 0 Å². The van der Waals surface area contributed by atoms with Gasteiger partial charge in [0.05, 0.1) is 37.2 Å². The third-order valence-electron chi connectivity index (χ3n) is 8.70. The summed E-state index contributed by atoms with van der Waals surface area (Å²) in [7, 11) is 1.56. The second kappa shape index (κ2) is 10.9. The summed E-state index contributed by atoms with van der Waals surface area (Å²) in [5.41, 5.74) is -1.42. The molecule has 0 saturated carbocycles. The lowest BCUT2D eigenvalue weighted by Gasteiger charge is -2.39. The van der Waals surface area contributed by atoms with Gasteiger partial charge < -0.3 is 33.9 Å². The fourth-order valence-corrected chi connectivity index (χ4v) is 6.85. The lowest BCUT2D eigenvalue weighted by molar-refractivity contribution is -0.179. The molecule has 1 fully saturated rings. The van der Waals surface area contributed by atoms with Gasteiger partial charge in [0.1, 0.15) is 5.76 Å². The van der Waals surface area contributed by atoms with Crippen molar-refractivity contribution in [3.63, 3.8) is 0 Å². The number of ether oxygens (including phenoxy) is 5. The fourth-order valence-electron chi connectivity index (χ4n) is 6.85. The number of carbonyl (C=O) groups excluding carboxylic acids is 2. The Morgan fingerprint density at radius 1 is 1.15 bits per heavy atom. The van der Waals surface area contributed by atoms with Gasteiger partial charge in [-0.25, -0.2) is 4.79 Å². The van der Waals surface area contributed by atoms with Gasteiger partial charge in [-0.1, -0.05) is 0 Å². The Hall–Kier alpha value is -2.82. The molecule has 0 aromatic heterocycles. The van der Waals surface area contributed by atoms with Crippen LogP contribution in [0.3, 0.4) is 0 Å². The van der Waals surface area contributed by atoms with E-state index in [4.69, 9.17) is 23.7 Å². The van der Waals surface area contributed by atoms with Crippen molar-refractivity contribution >= 4 is 11.9 Å². The van der Waals surface area contributed by atoms with Crippen LogP contribution in [0.2, 0.25) is 0 Å². The molecule has 3 heterocycles. The molecule has 1 aliphatic carbocycles. The Balaban J connectivity index is 1.49. The SMILES string of the molecule is CCOC(=O)C[C@@](O)(CCCC(C)(C)O)C(=O)OC1C(OC)=C[C@]23CCCN2CCc2cc4c(cc2[C@H]13)OCO4. The molecule has 0 radical (unpaired) electrons. The van der Waals surface area contributed by atoms with Gasteiger partial charge in [0.2, 0.25) is 6.79 Å². The van der Waals surface area contributed by atoms with Gasteiger partial charge in [-0.05, 0) is 95.2 Å². The summed E-state index contributed by atoms with van der Waals surface area (Å²) in [5.74, 6) is -0.0176. The van der Waals surface area contributed by atoms with Crippen LogP contribution in [0.1, 0.15) is 76.3 Å². The second-order valence-electron chi connectivity index (χ2n) is 12.0. The maximum atomic E-state index is 13.8. The van der Waals surface area contributed by atoms with Gasteiger partial charge in [0.15, 0.2) is 23.2 Å². The van der Waals surface area contributed by atoms with E-state index in [1.54, 1.807) is 27.9 Å². The average molecular weight is 560 g/mol. The van der Waals surface area contributed by atoms with Gasteiger partial charge in [-0.3, -0.25) is 9.69 Å². The number of aliphatic hydroxyl groups is 2. The minimum atomic E-state index is -2.12. The number of fused-ring (bicyclic) bond motifs is 3. The molecule has 4 aliphatic rings. The molecule has 0 bridgehead atoms. The van der Waals surface area contributed by atoms with E-state index in [9.17, 15) is 19.8 Å². The highest BCUT2D eigenvalue weighted by atomic mass is 16.7. The summed E-state index contributed by atoms with van der Waals surface area (Å²) in [6.07, 6.45) is 3.97. The number of hydrogen-bond donors (Lipinski definition) is 2. The van der Waals surface area contributed by atoms with E-state index in [2.05, 4.69) is 11.0 Å². The van der Waals surface area contributed by atoms with Crippen molar-refractivity contribution in [2.24, 2.45) is 0 Å². The summed E-state index contributed by atoms with van der Waals surface area (Å²) in [6.45, 7) is 7.01. The molecule has 3 aliphatic heterocycles. The zero-order valence-corrected chi connectivity index (χ0v) is 23.9. The number of methoxy groups -OCH3 is 1. The molecule has 40 heavy (non-hydrogen) atoms. The highest BCUT2D eigenvalue weighted by molar-refractivity contribution is 5.86. The maximum Gasteiger partial charge on any atom is 0.339 e. The molecule has 1 saturated heterocycles. The van der Waals surface area contributed by atoms with E-state index in [0.717, 1.165) is 43.5 Å². The molecule has 4 atom stereocenters. The molecule has 5 rings (SSSR count). The van der Waals surface area contributed by atoms with Crippen molar-refractivity contribution in [3.05, 3.63) is 35.1 Å². The third kappa shape index (κ3) is 5.29. The zero-order valence-electron chi connectivity index (χ0n) is 23.9. The molecule has 1 unspecified atom stereocenters. The van der Waals surface area contributed by atoms with Crippen molar-refractivity contribution in [1.82, 2.24) is 4.90 Å². The van der Waals surface area contributed by atoms with Crippen LogP contribution in [0.25, 0.3) is 0 Å². The summed E-state index contributed by atoms with van der Waals surface area (Å²) in [6, 6.07) is 4.01. The Bertz CT molecular complexity index is 1170. The number of carbonyl (C=O) groups is 2. The first-order valence-corrected chi connectivity index (χ1v) is 14.3. The minimum absolute atomic E-state index is 0.0649. The van der Waals surface area contributed by atoms with E-state index in [1.807, 2.05) is 12.1 Å². The minimum Gasteiger partial charge on any atom is -0.497 e. The molecule has 0 amide bonds. The van der Waals surface area contributed by atoms with Crippen molar-refractivity contribution in [1.29, 1.82) is 0 Å².